The van der Waals surface area contributed by atoms with Crippen molar-refractivity contribution in [3.05, 3.63) is 41.5 Å². The lowest BCUT2D eigenvalue weighted by atomic mass is 9.84. The molecule has 4 rings (SSSR count). The third kappa shape index (κ3) is 3.54. The van der Waals surface area contributed by atoms with Crippen LogP contribution in [0.4, 0.5) is 0 Å². The molecule has 0 saturated carbocycles. The zero-order chi connectivity index (χ0) is 20.7. The Morgan fingerprint density at radius 1 is 1.00 bits per heavy atom. The molecule has 8 nitrogen and oxygen atoms in total. The van der Waals surface area contributed by atoms with Crippen LogP contribution in [0.5, 0.6) is 17.2 Å². The van der Waals surface area contributed by atoms with Crippen molar-refractivity contribution < 1.29 is 39.7 Å². The highest BCUT2D eigenvalue weighted by Crippen LogP contribution is 2.43. The highest BCUT2D eigenvalue weighted by Gasteiger charge is 2.44. The molecule has 1 aliphatic heterocycles. The van der Waals surface area contributed by atoms with E-state index in [0.29, 0.717) is 17.9 Å². The molecule has 5 N–H and O–H groups in total. The van der Waals surface area contributed by atoms with E-state index in [1.165, 1.54) is 0 Å². The van der Waals surface area contributed by atoms with Crippen molar-refractivity contribution in [3.63, 3.8) is 0 Å². The number of hydrogen-bond acceptors (Lipinski definition) is 8. The summed E-state index contributed by atoms with van der Waals surface area (Å²) in [4.78, 5) is 0. The van der Waals surface area contributed by atoms with Crippen LogP contribution in [0.2, 0.25) is 0 Å². The molecular formula is C21H24O8. The summed E-state index contributed by atoms with van der Waals surface area (Å²) >= 11 is 0. The monoisotopic (exact) mass is 404 g/mol. The normalized spacial score (nSPS) is 28.4. The van der Waals surface area contributed by atoms with Crippen LogP contribution in [0, 0.1) is 0 Å². The molecule has 0 amide bonds. The molecule has 2 aliphatic rings. The minimum absolute atomic E-state index is 0.216. The lowest BCUT2D eigenvalue weighted by molar-refractivity contribution is -0.277. The molecule has 8 heteroatoms. The molecule has 2 aromatic carbocycles. The number of ether oxygens (including phenoxy) is 3. The zero-order valence-electron chi connectivity index (χ0n) is 15.9. The van der Waals surface area contributed by atoms with Gasteiger partial charge >= 0.3 is 0 Å². The van der Waals surface area contributed by atoms with Crippen LogP contribution < -0.4 is 9.47 Å². The number of methoxy groups -OCH3 is 1. The Hall–Kier alpha value is -2.36. The maximum absolute atomic E-state index is 10.2. The molecule has 156 valence electrons. The number of aryl methyl sites for hydroxylation is 2. The summed E-state index contributed by atoms with van der Waals surface area (Å²) in [5.41, 5.74) is 3.88. The Morgan fingerprint density at radius 2 is 1.76 bits per heavy atom. The first-order chi connectivity index (χ1) is 13.9. The van der Waals surface area contributed by atoms with E-state index in [0.717, 1.165) is 28.7 Å². The molecule has 1 fully saturated rings. The summed E-state index contributed by atoms with van der Waals surface area (Å²) < 4.78 is 16.7. The molecule has 1 heterocycles. The SMILES string of the molecule is COc1cc(O[C@@H]2O[C@H](CO)[C@@H](O)[C@H](O)[C@H]2O)cc2c1-c1ccc(O)cc1CC2. The molecule has 0 unspecified atom stereocenters. The number of benzene rings is 2. The van der Waals surface area contributed by atoms with E-state index < -0.39 is 37.3 Å². The lowest BCUT2D eigenvalue weighted by Gasteiger charge is -2.39. The van der Waals surface area contributed by atoms with Crippen molar-refractivity contribution in [3.8, 4) is 28.4 Å². The van der Waals surface area contributed by atoms with E-state index in [1.54, 1.807) is 25.3 Å². The van der Waals surface area contributed by atoms with Gasteiger partial charge in [0.05, 0.1) is 13.7 Å². The van der Waals surface area contributed by atoms with E-state index in [-0.39, 0.29) is 5.75 Å². The van der Waals surface area contributed by atoms with Gasteiger partial charge in [0.1, 0.15) is 41.7 Å². The van der Waals surface area contributed by atoms with Crippen molar-refractivity contribution in [2.45, 2.75) is 43.5 Å². The number of aliphatic hydroxyl groups is 4. The van der Waals surface area contributed by atoms with Crippen LogP contribution in [0.25, 0.3) is 11.1 Å². The van der Waals surface area contributed by atoms with Gasteiger partial charge in [-0.2, -0.15) is 0 Å². The third-order valence-electron chi connectivity index (χ3n) is 5.50. The van der Waals surface area contributed by atoms with Gasteiger partial charge in [0.2, 0.25) is 6.29 Å². The Balaban J connectivity index is 1.66. The Morgan fingerprint density at radius 3 is 2.48 bits per heavy atom. The molecule has 2 aromatic rings. The van der Waals surface area contributed by atoms with Gasteiger partial charge in [0, 0.05) is 11.6 Å². The van der Waals surface area contributed by atoms with Crippen molar-refractivity contribution in [2.24, 2.45) is 0 Å². The van der Waals surface area contributed by atoms with Crippen LogP contribution in [0.15, 0.2) is 30.3 Å². The van der Waals surface area contributed by atoms with Gasteiger partial charge in [-0.25, -0.2) is 0 Å². The molecule has 1 saturated heterocycles. The first-order valence-electron chi connectivity index (χ1n) is 9.43. The van der Waals surface area contributed by atoms with Gasteiger partial charge in [-0.05, 0) is 47.7 Å². The first-order valence-corrected chi connectivity index (χ1v) is 9.43. The summed E-state index contributed by atoms with van der Waals surface area (Å²) in [6, 6.07) is 8.70. The number of hydrogen-bond donors (Lipinski definition) is 5. The van der Waals surface area contributed by atoms with E-state index >= 15 is 0 Å². The fourth-order valence-corrected chi connectivity index (χ4v) is 3.98. The van der Waals surface area contributed by atoms with E-state index in [9.17, 15) is 25.5 Å². The average Bonchev–Trinajstić information content (AvgIpc) is 2.73. The van der Waals surface area contributed by atoms with Crippen molar-refractivity contribution >= 4 is 0 Å². The predicted octanol–water partition coefficient (Wildman–Crippen LogP) is 0.345. The maximum Gasteiger partial charge on any atom is 0.229 e. The highest BCUT2D eigenvalue weighted by molar-refractivity contribution is 5.80. The van der Waals surface area contributed by atoms with Crippen LogP contribution in [-0.2, 0) is 17.6 Å². The standard InChI is InChI=1S/C21H24O8/c1-27-15-8-13(28-21-20(26)19(25)18(24)16(9-22)29-21)7-11-3-2-10-6-12(23)4-5-14(10)17(11)15/h4-8,16,18-26H,2-3,9H2,1H3/t16-,18-,19+,20-,21-/m1/s1. The quantitative estimate of drug-likeness (QED) is 0.494. The second kappa shape index (κ2) is 7.81. The summed E-state index contributed by atoms with van der Waals surface area (Å²) in [7, 11) is 1.54. The minimum Gasteiger partial charge on any atom is -0.508 e. The molecule has 0 aromatic heterocycles. The number of phenolic OH excluding ortho intramolecular Hbond substituents is 1. The molecule has 0 bridgehead atoms. The third-order valence-corrected chi connectivity index (χ3v) is 5.50. The lowest BCUT2D eigenvalue weighted by Crippen LogP contribution is -2.60. The van der Waals surface area contributed by atoms with Gasteiger partial charge in [0.25, 0.3) is 0 Å². The maximum atomic E-state index is 10.2. The Labute approximate surface area is 167 Å². The summed E-state index contributed by atoms with van der Waals surface area (Å²) in [5, 5.41) is 49.1. The van der Waals surface area contributed by atoms with Gasteiger partial charge in [-0.15, -0.1) is 0 Å². The topological polar surface area (TPSA) is 129 Å². The molecular weight excluding hydrogens is 380 g/mol. The second-order valence-electron chi connectivity index (χ2n) is 7.32. The summed E-state index contributed by atoms with van der Waals surface area (Å²) in [5.74, 6) is 1.15. The summed E-state index contributed by atoms with van der Waals surface area (Å²) in [6.07, 6.45) is -5.31. The van der Waals surface area contributed by atoms with Crippen molar-refractivity contribution in [1.29, 1.82) is 0 Å². The van der Waals surface area contributed by atoms with Crippen LogP contribution in [0.1, 0.15) is 11.1 Å². The molecule has 1 aliphatic carbocycles. The highest BCUT2D eigenvalue weighted by atomic mass is 16.7. The Bertz CT molecular complexity index is 879. The smallest absolute Gasteiger partial charge is 0.229 e. The average molecular weight is 404 g/mol. The number of aliphatic hydroxyl groups excluding tert-OH is 4. The van der Waals surface area contributed by atoms with Crippen LogP contribution >= 0.6 is 0 Å². The number of phenols is 1. The second-order valence-corrected chi connectivity index (χ2v) is 7.32. The largest absolute Gasteiger partial charge is 0.508 e. The fraction of sp³-hybridized carbons (Fsp3) is 0.429. The molecule has 0 radical (unpaired) electrons. The van der Waals surface area contributed by atoms with Gasteiger partial charge in [-0.3, -0.25) is 0 Å². The minimum atomic E-state index is -1.51. The number of fused-ring (bicyclic) bond motifs is 3. The van der Waals surface area contributed by atoms with Gasteiger partial charge in [0.15, 0.2) is 0 Å². The van der Waals surface area contributed by atoms with Gasteiger partial charge < -0.3 is 39.7 Å². The van der Waals surface area contributed by atoms with E-state index in [1.807, 2.05) is 12.1 Å². The number of rotatable bonds is 4. The predicted molar refractivity (Wildman–Crippen MR) is 102 cm³/mol. The van der Waals surface area contributed by atoms with Crippen molar-refractivity contribution in [1.82, 2.24) is 0 Å². The van der Waals surface area contributed by atoms with Crippen LogP contribution in [0.3, 0.4) is 0 Å². The molecule has 5 atom stereocenters. The van der Waals surface area contributed by atoms with Gasteiger partial charge in [-0.1, -0.05) is 6.07 Å². The number of aromatic hydroxyl groups is 1. The van der Waals surface area contributed by atoms with Crippen LogP contribution in [-0.4, -0.2) is 70.0 Å². The van der Waals surface area contributed by atoms with E-state index in [2.05, 4.69) is 0 Å². The van der Waals surface area contributed by atoms with E-state index in [4.69, 9.17) is 14.2 Å². The zero-order valence-corrected chi connectivity index (χ0v) is 15.9. The van der Waals surface area contributed by atoms with Crippen molar-refractivity contribution in [2.75, 3.05) is 13.7 Å². The first kappa shape index (κ1) is 19.9. The molecule has 29 heavy (non-hydrogen) atoms. The summed E-state index contributed by atoms with van der Waals surface area (Å²) in [6.45, 7) is -0.526. The fourth-order valence-electron chi connectivity index (χ4n) is 3.98. The Kier molecular flexibility index (Phi) is 5.37. The molecule has 0 spiro atoms.